The number of nitrogens with zero attached hydrogens (tertiary/aromatic N) is 1. The van der Waals surface area contributed by atoms with E-state index < -0.39 is 0 Å². The molecule has 1 aromatic heterocycles. The Morgan fingerprint density at radius 1 is 1.26 bits per heavy atom. The number of carbonyl (C=O) groups excluding carboxylic acids is 1. The van der Waals surface area contributed by atoms with Crippen LogP contribution in [0.4, 0.5) is 0 Å². The molecule has 4 fully saturated rings. The van der Waals surface area contributed by atoms with E-state index in [-0.39, 0.29) is 5.91 Å². The topological polar surface area (TPSA) is 32.3 Å². The van der Waals surface area contributed by atoms with Crippen molar-refractivity contribution in [3.8, 4) is 0 Å². The molecule has 1 aromatic carbocycles. The Labute approximate surface area is 139 Å². The smallest absolute Gasteiger partial charge is 0.261 e. The van der Waals surface area contributed by atoms with Gasteiger partial charge < -0.3 is 5.32 Å². The van der Waals surface area contributed by atoms with Gasteiger partial charge in [0.2, 0.25) is 0 Å². The lowest BCUT2D eigenvalue weighted by molar-refractivity contribution is -0.113. The Bertz CT molecular complexity index is 833. The van der Waals surface area contributed by atoms with Crippen LogP contribution in [0.25, 0.3) is 10.1 Å². The molecule has 0 bridgehead atoms. The van der Waals surface area contributed by atoms with Gasteiger partial charge in [-0.2, -0.15) is 0 Å². The van der Waals surface area contributed by atoms with Crippen molar-refractivity contribution < 1.29 is 4.79 Å². The van der Waals surface area contributed by atoms with E-state index in [2.05, 4.69) is 34.5 Å². The van der Waals surface area contributed by atoms with Crippen LogP contribution in [0.3, 0.4) is 0 Å². The number of hydrogen-bond acceptors (Lipinski definition) is 3. The van der Waals surface area contributed by atoms with Crippen LogP contribution in [0.1, 0.15) is 53.3 Å². The molecule has 4 heteroatoms. The van der Waals surface area contributed by atoms with E-state index in [0.29, 0.717) is 17.6 Å². The van der Waals surface area contributed by atoms with Crippen LogP contribution in [-0.2, 0) is 0 Å². The maximum atomic E-state index is 12.8. The van der Waals surface area contributed by atoms with Crippen molar-refractivity contribution in [1.82, 2.24) is 10.2 Å². The largest absolute Gasteiger partial charge is 0.345 e. The Hall–Kier alpha value is -1.39. The summed E-state index contributed by atoms with van der Waals surface area (Å²) in [4.78, 5) is 16.3. The fourth-order valence-corrected chi connectivity index (χ4v) is 6.00. The van der Waals surface area contributed by atoms with Gasteiger partial charge in [-0.05, 0) is 55.0 Å². The second kappa shape index (κ2) is 4.17. The molecule has 1 N–H and O–H groups in total. The first kappa shape index (κ1) is 13.0. The summed E-state index contributed by atoms with van der Waals surface area (Å²) in [5.41, 5.74) is 1.81. The zero-order valence-corrected chi connectivity index (χ0v) is 13.9. The lowest BCUT2D eigenvalue weighted by Gasteiger charge is -2.63. The zero-order valence-electron chi connectivity index (χ0n) is 13.0. The number of rotatable bonds is 3. The van der Waals surface area contributed by atoms with Crippen LogP contribution in [-0.4, -0.2) is 35.0 Å². The van der Waals surface area contributed by atoms with Gasteiger partial charge in [0.05, 0.1) is 10.9 Å². The fourth-order valence-electron chi connectivity index (χ4n) is 4.84. The van der Waals surface area contributed by atoms with Crippen LogP contribution in [0, 0.1) is 0 Å². The van der Waals surface area contributed by atoms with E-state index >= 15 is 0 Å². The van der Waals surface area contributed by atoms with Crippen molar-refractivity contribution in [3.05, 3.63) is 34.7 Å². The van der Waals surface area contributed by atoms with Crippen LogP contribution >= 0.6 is 11.3 Å². The van der Waals surface area contributed by atoms with Crippen LogP contribution in [0.2, 0.25) is 0 Å². The quantitative estimate of drug-likeness (QED) is 0.937. The Kier molecular flexibility index (Phi) is 2.35. The first-order chi connectivity index (χ1) is 11.3. The van der Waals surface area contributed by atoms with Gasteiger partial charge in [-0.25, -0.2) is 0 Å². The van der Waals surface area contributed by atoms with Gasteiger partial charge in [0.1, 0.15) is 0 Å². The predicted octanol–water partition coefficient (Wildman–Crippen LogP) is 3.50. The molecule has 1 amide bonds. The third-order valence-corrected chi connectivity index (χ3v) is 7.66. The molecular formula is C19H20N2OS. The van der Waals surface area contributed by atoms with E-state index in [1.165, 1.54) is 54.3 Å². The summed E-state index contributed by atoms with van der Waals surface area (Å²) in [5, 5.41) is 4.61. The van der Waals surface area contributed by atoms with Gasteiger partial charge in [0.15, 0.2) is 0 Å². The summed E-state index contributed by atoms with van der Waals surface area (Å²) < 4.78 is 1.33. The Morgan fingerprint density at radius 2 is 2.13 bits per heavy atom. The summed E-state index contributed by atoms with van der Waals surface area (Å²) in [6, 6.07) is 9.65. The highest BCUT2D eigenvalue weighted by Gasteiger charge is 2.70. The van der Waals surface area contributed by atoms with Crippen molar-refractivity contribution in [2.45, 2.75) is 55.6 Å². The Morgan fingerprint density at radius 3 is 2.83 bits per heavy atom. The summed E-state index contributed by atoms with van der Waals surface area (Å²) in [5.74, 6) is 0.883. The van der Waals surface area contributed by atoms with Crippen molar-refractivity contribution in [2.24, 2.45) is 0 Å². The van der Waals surface area contributed by atoms with E-state index in [4.69, 9.17) is 0 Å². The molecule has 2 saturated heterocycles. The minimum absolute atomic E-state index is 0.149. The molecule has 2 aromatic rings. The number of amides is 1. The molecule has 1 spiro atoms. The summed E-state index contributed by atoms with van der Waals surface area (Å²) in [6.07, 6.45) is 6.41. The molecule has 4 aliphatic rings. The number of fused-ring (bicyclic) bond motifs is 3. The molecular weight excluding hydrogens is 304 g/mol. The number of benzene rings is 1. The van der Waals surface area contributed by atoms with E-state index in [1.54, 1.807) is 11.3 Å². The van der Waals surface area contributed by atoms with Crippen LogP contribution < -0.4 is 5.32 Å². The molecule has 23 heavy (non-hydrogen) atoms. The summed E-state index contributed by atoms with van der Waals surface area (Å²) >= 11 is 1.69. The van der Waals surface area contributed by atoms with Gasteiger partial charge in [0, 0.05) is 22.8 Å². The van der Waals surface area contributed by atoms with E-state index in [0.717, 1.165) is 10.8 Å². The zero-order chi connectivity index (χ0) is 15.2. The highest BCUT2D eigenvalue weighted by Crippen LogP contribution is 2.59. The number of piperidine rings is 1. The van der Waals surface area contributed by atoms with E-state index in [1.807, 2.05) is 0 Å². The highest BCUT2D eigenvalue weighted by molar-refractivity contribution is 7.21. The van der Waals surface area contributed by atoms with Gasteiger partial charge >= 0.3 is 0 Å². The maximum absolute atomic E-state index is 12.8. The fraction of sp³-hybridized carbons (Fsp3) is 0.526. The number of thiophene rings is 1. The lowest BCUT2D eigenvalue weighted by Crippen LogP contribution is -2.80. The van der Waals surface area contributed by atoms with Crippen molar-refractivity contribution >= 4 is 27.3 Å². The standard InChI is InChI=1S/C19H20N2OS/c22-18(20-17-14-6-9-21(14)19(17)7-8-19)15-10-12-2-1-3-13(11-4-5-11)16(12)23-15/h1-3,10-11,14,17H,4-9H2,(H,20,22). The van der Waals surface area contributed by atoms with E-state index in [9.17, 15) is 4.79 Å². The Balaban J connectivity index is 1.30. The minimum atomic E-state index is 0.149. The first-order valence-corrected chi connectivity index (χ1v) is 9.68. The second-order valence-electron chi connectivity index (χ2n) is 7.75. The van der Waals surface area contributed by atoms with Gasteiger partial charge in [0.25, 0.3) is 5.91 Å². The average Bonchev–Trinajstić information content (AvgIpc) is 3.43. The SMILES string of the molecule is O=C(NC1C2CCN2C12CC2)c1cc2cccc(C3CC3)c2s1. The number of hydrogen-bond donors (Lipinski definition) is 1. The summed E-state index contributed by atoms with van der Waals surface area (Å²) in [6.45, 7) is 1.24. The number of nitrogens with one attached hydrogen (secondary N) is 1. The molecule has 2 aliphatic carbocycles. The molecule has 2 aliphatic heterocycles. The minimum Gasteiger partial charge on any atom is -0.345 e. The molecule has 2 saturated carbocycles. The molecule has 118 valence electrons. The van der Waals surface area contributed by atoms with Gasteiger partial charge in [-0.15, -0.1) is 11.3 Å². The van der Waals surface area contributed by atoms with Crippen molar-refractivity contribution in [1.29, 1.82) is 0 Å². The monoisotopic (exact) mass is 324 g/mol. The average molecular weight is 324 g/mol. The maximum Gasteiger partial charge on any atom is 0.261 e. The number of carbonyl (C=O) groups is 1. The third kappa shape index (κ3) is 1.66. The van der Waals surface area contributed by atoms with Crippen molar-refractivity contribution in [2.75, 3.05) is 6.54 Å². The van der Waals surface area contributed by atoms with Crippen LogP contribution in [0.15, 0.2) is 24.3 Å². The molecule has 3 nitrogen and oxygen atoms in total. The first-order valence-electron chi connectivity index (χ1n) is 8.86. The second-order valence-corrected chi connectivity index (χ2v) is 8.81. The van der Waals surface area contributed by atoms with Crippen LogP contribution in [0.5, 0.6) is 0 Å². The summed E-state index contributed by atoms with van der Waals surface area (Å²) in [7, 11) is 0. The third-order valence-electron chi connectivity index (χ3n) is 6.47. The molecule has 2 atom stereocenters. The van der Waals surface area contributed by atoms with Gasteiger partial charge in [-0.1, -0.05) is 18.2 Å². The predicted molar refractivity (Wildman–Crippen MR) is 92.1 cm³/mol. The normalized spacial score (nSPS) is 30.6. The highest BCUT2D eigenvalue weighted by atomic mass is 32.1. The molecule has 3 heterocycles. The van der Waals surface area contributed by atoms with Crippen molar-refractivity contribution in [3.63, 3.8) is 0 Å². The molecule has 2 unspecified atom stereocenters. The lowest BCUT2D eigenvalue weighted by atomic mass is 9.75. The molecule has 0 radical (unpaired) electrons. The van der Waals surface area contributed by atoms with Gasteiger partial charge in [-0.3, -0.25) is 9.69 Å². The molecule has 6 rings (SSSR count).